The molecule has 0 aromatic heterocycles. The zero-order chi connectivity index (χ0) is 13.9. The highest BCUT2D eigenvalue weighted by Gasteiger charge is 2.11. The fourth-order valence-electron chi connectivity index (χ4n) is 2.45. The quantitative estimate of drug-likeness (QED) is 0.856. The van der Waals surface area contributed by atoms with Crippen LogP contribution < -0.4 is 5.32 Å². The van der Waals surface area contributed by atoms with Crippen molar-refractivity contribution in [3.05, 3.63) is 71.4 Å². The van der Waals surface area contributed by atoms with Crippen LogP contribution in [0, 0.1) is 6.92 Å². The molecule has 0 fully saturated rings. The summed E-state index contributed by atoms with van der Waals surface area (Å²) < 4.78 is 0. The average Bonchev–Trinajstić information content (AvgIpc) is 2.83. The second kappa shape index (κ2) is 5.33. The maximum atomic E-state index is 4.66. The molecule has 0 bridgehead atoms. The number of allylic oxidation sites excluding steroid dienone is 2. The van der Waals surface area contributed by atoms with E-state index in [1.807, 2.05) is 12.1 Å². The zero-order valence-electron chi connectivity index (χ0n) is 11.9. The Balaban J connectivity index is 1.76. The first kappa shape index (κ1) is 12.7. The molecule has 2 nitrogen and oxygen atoms in total. The van der Waals surface area contributed by atoms with Crippen LogP contribution in [0.5, 0.6) is 0 Å². The maximum Gasteiger partial charge on any atom is 0.0669 e. The van der Waals surface area contributed by atoms with Crippen LogP contribution in [-0.4, -0.2) is 5.71 Å². The van der Waals surface area contributed by atoms with Gasteiger partial charge in [-0.15, -0.1) is 0 Å². The Morgan fingerprint density at radius 2 is 1.85 bits per heavy atom. The summed E-state index contributed by atoms with van der Waals surface area (Å²) in [5.41, 5.74) is 7.04. The van der Waals surface area contributed by atoms with Gasteiger partial charge in [-0.2, -0.15) is 0 Å². The van der Waals surface area contributed by atoms with Crippen molar-refractivity contribution in [3.63, 3.8) is 0 Å². The van der Waals surface area contributed by atoms with E-state index in [0.717, 1.165) is 29.2 Å². The first-order valence-corrected chi connectivity index (χ1v) is 6.89. The summed E-state index contributed by atoms with van der Waals surface area (Å²) in [6.45, 7) is 4.19. The molecular formula is C18H18N2. The van der Waals surface area contributed by atoms with Crippen molar-refractivity contribution in [1.82, 2.24) is 0 Å². The number of hydrogen-bond donors (Lipinski definition) is 1. The number of fused-ring (bicyclic) bond motifs is 1. The molecule has 0 aliphatic carbocycles. The Morgan fingerprint density at radius 3 is 2.65 bits per heavy atom. The molecule has 1 heterocycles. The van der Waals surface area contributed by atoms with E-state index >= 15 is 0 Å². The van der Waals surface area contributed by atoms with Gasteiger partial charge in [-0.25, -0.2) is 0 Å². The van der Waals surface area contributed by atoms with E-state index in [1.54, 1.807) is 0 Å². The fourth-order valence-corrected chi connectivity index (χ4v) is 2.45. The number of aryl methyl sites for hydroxylation is 1. The fraction of sp³-hybridized carbons (Fsp3) is 0.167. The molecule has 1 N–H and O–H groups in total. The van der Waals surface area contributed by atoms with Gasteiger partial charge < -0.3 is 5.32 Å². The third-order valence-electron chi connectivity index (χ3n) is 3.49. The summed E-state index contributed by atoms with van der Waals surface area (Å²) in [5, 5.41) is 3.44. The van der Waals surface area contributed by atoms with Gasteiger partial charge in [0.05, 0.1) is 5.69 Å². The van der Waals surface area contributed by atoms with E-state index in [9.17, 15) is 0 Å². The van der Waals surface area contributed by atoms with Crippen molar-refractivity contribution in [1.29, 1.82) is 0 Å². The maximum absolute atomic E-state index is 4.66. The van der Waals surface area contributed by atoms with Gasteiger partial charge in [0.25, 0.3) is 0 Å². The van der Waals surface area contributed by atoms with Crippen molar-refractivity contribution in [2.45, 2.75) is 20.3 Å². The SMILES string of the molecule is CC(=CC1=Nc2ccccc2C1)Nc1ccccc1C. The third-order valence-corrected chi connectivity index (χ3v) is 3.49. The Labute approximate surface area is 119 Å². The normalized spacial score (nSPS) is 13.9. The van der Waals surface area contributed by atoms with E-state index in [0.29, 0.717) is 0 Å². The van der Waals surface area contributed by atoms with Crippen molar-refractivity contribution in [3.8, 4) is 0 Å². The number of para-hydroxylation sites is 2. The molecule has 0 saturated heterocycles. The Hall–Kier alpha value is -2.35. The van der Waals surface area contributed by atoms with Crippen LogP contribution in [0.1, 0.15) is 18.1 Å². The van der Waals surface area contributed by atoms with Gasteiger partial charge in [-0.05, 0) is 43.2 Å². The van der Waals surface area contributed by atoms with Crippen molar-refractivity contribution in [2.24, 2.45) is 4.99 Å². The molecule has 0 amide bonds. The van der Waals surface area contributed by atoms with Crippen molar-refractivity contribution >= 4 is 17.1 Å². The van der Waals surface area contributed by atoms with Gasteiger partial charge in [0.1, 0.15) is 0 Å². The largest absolute Gasteiger partial charge is 0.359 e. The van der Waals surface area contributed by atoms with Crippen LogP contribution in [-0.2, 0) is 6.42 Å². The van der Waals surface area contributed by atoms with Crippen LogP contribution >= 0.6 is 0 Å². The number of hydrogen-bond acceptors (Lipinski definition) is 2. The van der Waals surface area contributed by atoms with Gasteiger partial charge >= 0.3 is 0 Å². The zero-order valence-corrected chi connectivity index (χ0v) is 11.9. The molecule has 1 aliphatic heterocycles. The number of nitrogens with one attached hydrogen (secondary N) is 1. The summed E-state index contributed by atoms with van der Waals surface area (Å²) in [6.07, 6.45) is 3.05. The highest BCUT2D eigenvalue weighted by molar-refractivity contribution is 6.02. The molecular weight excluding hydrogens is 244 g/mol. The molecule has 2 heteroatoms. The monoisotopic (exact) mass is 262 g/mol. The summed E-state index contributed by atoms with van der Waals surface area (Å²) in [6, 6.07) is 16.6. The third kappa shape index (κ3) is 2.64. The number of benzene rings is 2. The number of nitrogens with zero attached hydrogens (tertiary/aromatic N) is 1. The Morgan fingerprint density at radius 1 is 1.10 bits per heavy atom. The number of aliphatic imine (C=N–C) groups is 1. The lowest BCUT2D eigenvalue weighted by Gasteiger charge is -2.09. The topological polar surface area (TPSA) is 24.4 Å². The van der Waals surface area contributed by atoms with Crippen LogP contribution in [0.3, 0.4) is 0 Å². The van der Waals surface area contributed by atoms with E-state index < -0.39 is 0 Å². The van der Waals surface area contributed by atoms with Crippen molar-refractivity contribution < 1.29 is 0 Å². The molecule has 0 atom stereocenters. The summed E-state index contributed by atoms with van der Waals surface area (Å²) in [7, 11) is 0. The highest BCUT2D eigenvalue weighted by atomic mass is 14.9. The molecule has 3 rings (SSSR count). The molecule has 20 heavy (non-hydrogen) atoms. The average molecular weight is 262 g/mol. The minimum atomic E-state index is 0.920. The first-order chi connectivity index (χ1) is 9.72. The van der Waals surface area contributed by atoms with Crippen LogP contribution in [0.4, 0.5) is 11.4 Å². The second-order valence-electron chi connectivity index (χ2n) is 5.18. The minimum absolute atomic E-state index is 0.920. The summed E-state index contributed by atoms with van der Waals surface area (Å²) >= 11 is 0. The Kier molecular flexibility index (Phi) is 3.38. The number of rotatable bonds is 3. The van der Waals surface area contributed by atoms with Crippen LogP contribution in [0.2, 0.25) is 0 Å². The standard InChI is InChI=1S/C18H18N2/c1-13-7-3-5-9-17(13)19-14(2)11-16-12-15-8-4-6-10-18(15)20-16/h3-11,19H,12H2,1-2H3. The lowest BCUT2D eigenvalue weighted by atomic mass is 10.1. The Bertz CT molecular complexity index is 696. The molecule has 100 valence electrons. The van der Waals surface area contributed by atoms with Gasteiger partial charge in [0, 0.05) is 23.5 Å². The highest BCUT2D eigenvalue weighted by Crippen LogP contribution is 2.26. The van der Waals surface area contributed by atoms with E-state index in [-0.39, 0.29) is 0 Å². The number of anilines is 1. The predicted molar refractivity (Wildman–Crippen MR) is 85.8 cm³/mol. The van der Waals surface area contributed by atoms with Gasteiger partial charge in [-0.1, -0.05) is 36.4 Å². The van der Waals surface area contributed by atoms with E-state index in [1.165, 1.54) is 11.1 Å². The molecule has 0 saturated carbocycles. The molecule has 1 aliphatic rings. The molecule has 2 aromatic rings. The van der Waals surface area contributed by atoms with E-state index in [4.69, 9.17) is 0 Å². The predicted octanol–water partition coefficient (Wildman–Crippen LogP) is 4.64. The van der Waals surface area contributed by atoms with Crippen LogP contribution in [0.15, 0.2) is 65.3 Å². The molecule has 0 unspecified atom stereocenters. The minimum Gasteiger partial charge on any atom is -0.359 e. The first-order valence-electron chi connectivity index (χ1n) is 6.89. The summed E-state index contributed by atoms with van der Waals surface area (Å²) in [5.74, 6) is 0. The molecule has 0 spiro atoms. The van der Waals surface area contributed by atoms with Crippen molar-refractivity contribution in [2.75, 3.05) is 5.32 Å². The van der Waals surface area contributed by atoms with Gasteiger partial charge in [0.2, 0.25) is 0 Å². The summed E-state index contributed by atoms with van der Waals surface area (Å²) in [4.78, 5) is 4.66. The van der Waals surface area contributed by atoms with Gasteiger partial charge in [-0.3, -0.25) is 4.99 Å². The lowest BCUT2D eigenvalue weighted by molar-refractivity contribution is 1.33. The van der Waals surface area contributed by atoms with E-state index in [2.05, 4.69) is 66.6 Å². The van der Waals surface area contributed by atoms with Gasteiger partial charge in [0.15, 0.2) is 0 Å². The molecule has 2 aromatic carbocycles. The lowest BCUT2D eigenvalue weighted by Crippen LogP contribution is -2.02. The van der Waals surface area contributed by atoms with Crippen LogP contribution in [0.25, 0.3) is 0 Å². The second-order valence-corrected chi connectivity index (χ2v) is 5.18. The smallest absolute Gasteiger partial charge is 0.0669 e. The molecule has 0 radical (unpaired) electrons.